The lowest BCUT2D eigenvalue weighted by Crippen LogP contribution is -2.50. The fourth-order valence-corrected chi connectivity index (χ4v) is 7.59. The van der Waals surface area contributed by atoms with Crippen LogP contribution in [0, 0.1) is 5.92 Å². The van der Waals surface area contributed by atoms with Crippen molar-refractivity contribution in [3.8, 4) is 0 Å². The first kappa shape index (κ1) is 34.1. The number of thiol groups is 1. The maximum atomic E-state index is 12.5. The lowest BCUT2D eigenvalue weighted by Gasteiger charge is -2.39. The zero-order valence-corrected chi connectivity index (χ0v) is 25.6. The molecule has 21 nitrogen and oxygen atoms in total. The molecule has 0 bridgehead atoms. The summed E-state index contributed by atoms with van der Waals surface area (Å²) in [6.45, 7) is -1.80. The highest BCUT2D eigenvalue weighted by Crippen LogP contribution is 2.60. The average molecular weight is 700 g/mol. The van der Waals surface area contributed by atoms with Gasteiger partial charge in [0.1, 0.15) is 48.5 Å². The molecule has 45 heavy (non-hydrogen) atoms. The van der Waals surface area contributed by atoms with Crippen LogP contribution in [0.25, 0.3) is 11.2 Å². The molecule has 0 aromatic carbocycles. The van der Waals surface area contributed by atoms with Crippen molar-refractivity contribution in [1.82, 2.24) is 24.4 Å². The third-order valence-corrected chi connectivity index (χ3v) is 10.6. The molecule has 2 unspecified atom stereocenters. The first-order chi connectivity index (χ1) is 21.1. The number of aromatic nitrogens is 4. The molecule has 24 heteroatoms. The van der Waals surface area contributed by atoms with Crippen LogP contribution in [0.15, 0.2) is 24.9 Å². The number of anilines is 1. The van der Waals surface area contributed by atoms with E-state index in [-0.39, 0.29) is 23.4 Å². The average Bonchev–Trinajstić information content (AvgIpc) is 3.61. The lowest BCUT2D eigenvalue weighted by atomic mass is 10.00. The Balaban J connectivity index is 1.15. The normalized spacial score (nSPS) is 36.3. The Bertz CT molecular complexity index is 1540. The summed E-state index contributed by atoms with van der Waals surface area (Å²) in [6.07, 6.45) is -6.18. The zero-order valence-electron chi connectivity index (χ0n) is 22.9. The summed E-state index contributed by atoms with van der Waals surface area (Å²) in [4.78, 5) is 45.0. The molecule has 1 amide bonds. The molecular formula is C21H31N7O14P2S. The van der Waals surface area contributed by atoms with Crippen molar-refractivity contribution in [2.24, 2.45) is 11.7 Å². The zero-order chi connectivity index (χ0) is 32.8. The van der Waals surface area contributed by atoms with Crippen LogP contribution in [0.2, 0.25) is 0 Å². The number of amides is 1. The first-order valence-electron chi connectivity index (χ1n) is 13.1. The molecule has 2 aromatic rings. The second-order valence-corrected chi connectivity index (χ2v) is 13.8. The van der Waals surface area contributed by atoms with Crippen molar-refractivity contribution in [1.29, 1.82) is 0 Å². The Labute approximate surface area is 259 Å². The number of fused-ring (bicyclic) bond motifs is 1. The van der Waals surface area contributed by atoms with Crippen LogP contribution < -0.4 is 11.5 Å². The van der Waals surface area contributed by atoms with Gasteiger partial charge in [-0.3, -0.25) is 18.4 Å². The van der Waals surface area contributed by atoms with Crippen molar-refractivity contribution < 1.29 is 67.0 Å². The number of primary amides is 1. The Morgan fingerprint density at radius 1 is 0.978 bits per heavy atom. The minimum atomic E-state index is -5.38. The van der Waals surface area contributed by atoms with Gasteiger partial charge in [-0.1, -0.05) is 6.08 Å². The van der Waals surface area contributed by atoms with Crippen LogP contribution in [0.5, 0.6) is 0 Å². The monoisotopic (exact) mass is 699 g/mol. The number of aliphatic hydroxyl groups excluding tert-OH is 4. The summed E-state index contributed by atoms with van der Waals surface area (Å²) < 4.78 is 51.0. The van der Waals surface area contributed by atoms with E-state index in [0.29, 0.717) is 0 Å². The molecule has 2 fully saturated rings. The number of carbonyl (C=O) groups excluding carboxylic acids is 1. The SMILES string of the molecule is NC(=O)[C@@H]1CC=CN([C@@H]2O[C@H](COP(=O)(O)OP(=O)(O)OC[C@H]3O[C@@H](n4cnc5c(N)ncnc54)[C@H](O)[C@@H]3O)[C@@H](O)[C@H]2O)[C@@H]1S. The van der Waals surface area contributed by atoms with Crippen molar-refractivity contribution >= 4 is 51.2 Å². The van der Waals surface area contributed by atoms with Gasteiger partial charge in [-0.15, -0.1) is 0 Å². The minimum absolute atomic E-state index is 0.0504. The smallest absolute Gasteiger partial charge is 0.387 e. The minimum Gasteiger partial charge on any atom is -0.387 e. The third kappa shape index (κ3) is 7.04. The van der Waals surface area contributed by atoms with Crippen LogP contribution >= 0.6 is 28.3 Å². The van der Waals surface area contributed by atoms with Crippen molar-refractivity contribution in [2.45, 2.75) is 60.9 Å². The standard InChI is InChI=1S/C21H31N7O14P2S/c22-16-11-18(25-6-24-16)28(7-26-11)20-15(32)13(30)10(41-20)5-39-44(36,37)42-43(34,35)38-4-9-12(29)14(31)19(40-9)27-3-1-2-8(17(23)33)21(27)45/h1,3,6-10,12-15,19-21,29-32,45H,2,4-5H2,(H2,23,33)(H,34,35)(H,36,37)(H2,22,24,25)/t8-,9+,10+,12+,13+,14+,15+,19+,20+,21+/m0/s1. The van der Waals surface area contributed by atoms with E-state index in [4.69, 9.17) is 30.0 Å². The van der Waals surface area contributed by atoms with Gasteiger partial charge in [-0.05, 0) is 12.6 Å². The van der Waals surface area contributed by atoms with E-state index in [0.717, 1.165) is 6.33 Å². The van der Waals surface area contributed by atoms with E-state index < -0.39 is 95.1 Å². The van der Waals surface area contributed by atoms with Crippen molar-refractivity contribution in [3.63, 3.8) is 0 Å². The van der Waals surface area contributed by atoms with Crippen LogP contribution in [-0.4, -0.2) is 122 Å². The molecule has 5 heterocycles. The predicted molar refractivity (Wildman–Crippen MR) is 150 cm³/mol. The number of aliphatic hydroxyl groups is 4. The van der Waals surface area contributed by atoms with Gasteiger partial charge >= 0.3 is 15.6 Å². The number of carbonyl (C=O) groups is 1. The number of nitrogens with two attached hydrogens (primary N) is 2. The van der Waals surface area contributed by atoms with E-state index in [1.165, 1.54) is 22.0 Å². The molecule has 0 saturated carbocycles. The summed E-state index contributed by atoms with van der Waals surface area (Å²) >= 11 is 4.35. The summed E-state index contributed by atoms with van der Waals surface area (Å²) in [5.41, 5.74) is 11.5. The van der Waals surface area contributed by atoms with Crippen LogP contribution in [0.1, 0.15) is 12.6 Å². The summed E-state index contributed by atoms with van der Waals surface area (Å²) in [5, 5.41) is 41.0. The highest BCUT2D eigenvalue weighted by atomic mass is 32.1. The molecule has 250 valence electrons. The van der Waals surface area contributed by atoms with Gasteiger partial charge in [-0.2, -0.15) is 16.9 Å². The number of ether oxygens (including phenoxy) is 2. The molecule has 0 radical (unpaired) electrons. The second-order valence-electron chi connectivity index (χ2n) is 10.3. The van der Waals surface area contributed by atoms with Gasteiger partial charge in [0.15, 0.2) is 23.9 Å². The largest absolute Gasteiger partial charge is 0.481 e. The van der Waals surface area contributed by atoms with Gasteiger partial charge in [0.25, 0.3) is 0 Å². The number of hydrogen-bond donors (Lipinski definition) is 9. The molecule has 0 spiro atoms. The summed E-state index contributed by atoms with van der Waals surface area (Å²) in [5.74, 6) is -1.34. The first-order valence-corrected chi connectivity index (χ1v) is 16.6. The number of phosphoric acid groups is 2. The van der Waals surface area contributed by atoms with E-state index in [9.17, 15) is 44.1 Å². The van der Waals surface area contributed by atoms with Gasteiger partial charge in [0.2, 0.25) is 5.91 Å². The topological polar surface area (TPSA) is 318 Å². The number of nitrogens with zero attached hydrogens (tertiary/aromatic N) is 5. The fraction of sp³-hybridized carbons (Fsp3) is 0.619. The number of hydrogen-bond acceptors (Lipinski definition) is 18. The molecule has 5 rings (SSSR count). The van der Waals surface area contributed by atoms with Gasteiger partial charge in [-0.25, -0.2) is 24.1 Å². The molecule has 0 aliphatic carbocycles. The van der Waals surface area contributed by atoms with Crippen molar-refractivity contribution in [2.75, 3.05) is 18.9 Å². The van der Waals surface area contributed by atoms with Gasteiger partial charge < -0.3 is 56.1 Å². The maximum absolute atomic E-state index is 12.5. The quantitative estimate of drug-likeness (QED) is 0.0851. The molecule has 12 atom stereocenters. The third-order valence-electron chi connectivity index (χ3n) is 7.34. The number of imidazole rings is 1. The van der Waals surface area contributed by atoms with E-state index in [1.807, 2.05) is 0 Å². The number of rotatable bonds is 11. The van der Waals surface area contributed by atoms with Crippen LogP contribution in [0.4, 0.5) is 5.82 Å². The van der Waals surface area contributed by atoms with Gasteiger partial charge in [0.05, 0.1) is 30.8 Å². The van der Waals surface area contributed by atoms with Crippen LogP contribution in [0.3, 0.4) is 0 Å². The predicted octanol–water partition coefficient (Wildman–Crippen LogP) is -2.70. The molecule has 2 aromatic heterocycles. The summed E-state index contributed by atoms with van der Waals surface area (Å²) in [6, 6.07) is 0. The second kappa shape index (κ2) is 13.1. The fourth-order valence-electron chi connectivity index (χ4n) is 5.02. The lowest BCUT2D eigenvalue weighted by molar-refractivity contribution is -0.126. The van der Waals surface area contributed by atoms with Crippen molar-refractivity contribution in [3.05, 3.63) is 24.9 Å². The number of allylic oxidation sites excluding steroid dienone is 1. The highest BCUT2D eigenvalue weighted by Gasteiger charge is 2.50. The summed E-state index contributed by atoms with van der Waals surface area (Å²) in [7, 11) is -10.8. The van der Waals surface area contributed by atoms with E-state index in [1.54, 1.807) is 6.08 Å². The molecule has 3 aliphatic heterocycles. The molecule has 10 N–H and O–H groups in total. The number of nitrogen functional groups attached to an aromatic ring is 1. The Morgan fingerprint density at radius 2 is 1.56 bits per heavy atom. The Kier molecular flexibility index (Phi) is 9.91. The Morgan fingerprint density at radius 3 is 2.16 bits per heavy atom. The highest BCUT2D eigenvalue weighted by molar-refractivity contribution is 7.80. The molecular weight excluding hydrogens is 668 g/mol. The Hall–Kier alpha value is -2.27. The molecule has 3 aliphatic rings. The maximum Gasteiger partial charge on any atom is 0.481 e. The van der Waals surface area contributed by atoms with Crippen LogP contribution in [-0.2, 0) is 36.8 Å². The van der Waals surface area contributed by atoms with E-state index >= 15 is 0 Å². The number of phosphoric ester groups is 2. The van der Waals surface area contributed by atoms with E-state index in [2.05, 4.69) is 31.9 Å². The molecule has 2 saturated heterocycles. The van der Waals surface area contributed by atoms with Gasteiger partial charge in [0, 0.05) is 0 Å².